The number of hydrogen-bond donors (Lipinski definition) is 4. The zero-order chi connectivity index (χ0) is 21.7. The lowest BCUT2D eigenvalue weighted by atomic mass is 10.0. The van der Waals surface area contributed by atoms with Crippen LogP contribution in [0.1, 0.15) is 0 Å². The summed E-state index contributed by atoms with van der Waals surface area (Å²) in [4.78, 5) is 39.1. The zero-order valence-electron chi connectivity index (χ0n) is 15.3. The van der Waals surface area contributed by atoms with Crippen LogP contribution in [0.2, 0.25) is 0 Å². The minimum absolute atomic E-state index is 0.655. The lowest BCUT2D eigenvalue weighted by Gasteiger charge is -2.33. The molecule has 0 saturated carbocycles. The van der Waals surface area contributed by atoms with Gasteiger partial charge in [-0.05, 0) is 11.6 Å². The Morgan fingerprint density at radius 2 is 1.57 bits per heavy atom. The minimum Gasteiger partial charge on any atom is -0.776 e. The van der Waals surface area contributed by atoms with Gasteiger partial charge in [0.05, 0.1) is 0 Å². The lowest BCUT2D eigenvalue weighted by Crippen LogP contribution is -2.48. The van der Waals surface area contributed by atoms with Gasteiger partial charge >= 0.3 is 7.60 Å². The van der Waals surface area contributed by atoms with Crippen LogP contribution in [0.4, 0.5) is 0 Å². The summed E-state index contributed by atoms with van der Waals surface area (Å²) in [5.74, 6) is 0. The smallest absolute Gasteiger partial charge is 0.372 e. The first-order chi connectivity index (χ1) is 14.0. The van der Waals surface area contributed by atoms with Gasteiger partial charge in [0.15, 0.2) is 26.5 Å². The molecule has 11 heteroatoms. The summed E-state index contributed by atoms with van der Waals surface area (Å²) < 4.78 is 30.0. The highest BCUT2D eigenvalue weighted by Crippen LogP contribution is 2.65. The largest absolute Gasteiger partial charge is 0.776 e. The number of hydrogen-bond acceptors (Lipinski definition) is 5. The highest BCUT2D eigenvalue weighted by molar-refractivity contribution is 7.71. The predicted octanol–water partition coefficient (Wildman–Crippen LogP) is 1.91. The lowest BCUT2D eigenvalue weighted by molar-refractivity contribution is -0.703. The van der Waals surface area contributed by atoms with Crippen molar-refractivity contribution in [2.45, 2.75) is 11.6 Å². The fourth-order valence-corrected chi connectivity index (χ4v) is 5.31. The molecule has 2 aromatic carbocycles. The fraction of sp³-hybridized carbons (Fsp3) is 0.105. The van der Waals surface area contributed by atoms with E-state index in [2.05, 4.69) is 0 Å². The standard InChI is InChI=1S/C19H17NO8P2/c21-19(29(22,23)24,30(25,26)27)12-20-10-8-13(9-11-20)14-5-3-6-16-15-4-1-2-7-17(15)28-18(14)16/h1-11,21H,12H2,(H3-,22,23,24,25,26,27). The van der Waals surface area contributed by atoms with Crippen LogP contribution in [0.25, 0.3) is 33.1 Å². The SMILES string of the molecule is O=P([O-])(O)C(O)(C[n+]1ccc(-c2cccc3c2oc2ccccc23)cc1)P(=O)(O)O. The Hall–Kier alpha value is -2.35. The molecule has 4 N–H and O–H groups in total. The first-order valence-corrected chi connectivity index (χ1v) is 11.9. The predicted molar refractivity (Wildman–Crippen MR) is 106 cm³/mol. The van der Waals surface area contributed by atoms with E-state index in [4.69, 9.17) is 4.42 Å². The molecule has 0 bridgehead atoms. The number of rotatable bonds is 5. The average Bonchev–Trinajstić information content (AvgIpc) is 3.06. The number of benzene rings is 2. The molecule has 0 fully saturated rings. The van der Waals surface area contributed by atoms with Crippen LogP contribution >= 0.6 is 15.2 Å². The molecule has 2 unspecified atom stereocenters. The molecule has 4 aromatic rings. The summed E-state index contributed by atoms with van der Waals surface area (Å²) in [5, 5.41) is 8.27. The van der Waals surface area contributed by atoms with Gasteiger partial charge in [-0.1, -0.05) is 36.4 Å². The highest BCUT2D eigenvalue weighted by atomic mass is 31.2. The second-order valence-electron chi connectivity index (χ2n) is 6.88. The quantitative estimate of drug-likeness (QED) is 0.266. The van der Waals surface area contributed by atoms with E-state index in [-0.39, 0.29) is 0 Å². The van der Waals surface area contributed by atoms with Crippen molar-refractivity contribution in [1.29, 1.82) is 0 Å². The summed E-state index contributed by atoms with van der Waals surface area (Å²) in [7, 11) is -11.4. The number of aromatic nitrogens is 1. The Morgan fingerprint density at radius 1 is 0.933 bits per heavy atom. The highest BCUT2D eigenvalue weighted by Gasteiger charge is 2.57. The Kier molecular flexibility index (Phi) is 4.96. The maximum absolute atomic E-state index is 11.5. The van der Waals surface area contributed by atoms with Crippen molar-refractivity contribution in [1.82, 2.24) is 0 Å². The minimum atomic E-state index is -5.79. The topological polar surface area (TPSA) is 155 Å². The van der Waals surface area contributed by atoms with E-state index < -0.39 is 26.8 Å². The molecule has 9 nitrogen and oxygen atoms in total. The van der Waals surface area contributed by atoms with E-state index in [0.717, 1.165) is 26.5 Å². The molecule has 4 rings (SSSR count). The third-order valence-corrected chi connectivity index (χ3v) is 8.58. The van der Waals surface area contributed by atoms with E-state index in [1.165, 1.54) is 12.4 Å². The van der Waals surface area contributed by atoms with E-state index in [0.29, 0.717) is 11.1 Å². The van der Waals surface area contributed by atoms with Crippen LogP contribution in [-0.2, 0) is 15.7 Å². The third kappa shape index (κ3) is 3.41. The Morgan fingerprint density at radius 3 is 2.20 bits per heavy atom. The number of furan rings is 1. The molecule has 0 spiro atoms. The molecule has 0 aliphatic rings. The van der Waals surface area contributed by atoms with Crippen molar-refractivity contribution in [2.24, 2.45) is 0 Å². The molecule has 156 valence electrons. The average molecular weight is 449 g/mol. The first-order valence-electron chi connectivity index (χ1n) is 8.73. The van der Waals surface area contributed by atoms with Crippen molar-refractivity contribution in [3.8, 4) is 11.1 Å². The van der Waals surface area contributed by atoms with Crippen LogP contribution in [-0.4, -0.2) is 24.9 Å². The normalized spacial score (nSPS) is 16.4. The van der Waals surface area contributed by atoms with Gasteiger partial charge in [-0.3, -0.25) is 4.57 Å². The second-order valence-corrected chi connectivity index (χ2v) is 10.8. The molecular weight excluding hydrogens is 432 g/mol. The van der Waals surface area contributed by atoms with E-state index in [1.54, 1.807) is 12.1 Å². The van der Waals surface area contributed by atoms with Crippen molar-refractivity contribution in [2.75, 3.05) is 0 Å². The first kappa shape index (κ1) is 20.9. The van der Waals surface area contributed by atoms with Gasteiger partial charge in [0.1, 0.15) is 11.2 Å². The van der Waals surface area contributed by atoms with Crippen LogP contribution in [0.5, 0.6) is 0 Å². The molecule has 2 aromatic heterocycles. The summed E-state index contributed by atoms with van der Waals surface area (Å²) in [5.41, 5.74) is 2.84. The molecule has 30 heavy (non-hydrogen) atoms. The molecule has 0 aliphatic carbocycles. The van der Waals surface area contributed by atoms with Gasteiger partial charge in [-0.2, -0.15) is 0 Å². The summed E-state index contributed by atoms with van der Waals surface area (Å²) in [6, 6.07) is 16.4. The molecule has 0 amide bonds. The van der Waals surface area contributed by atoms with Gasteiger partial charge in [0, 0.05) is 28.5 Å². The molecule has 0 saturated heterocycles. The van der Waals surface area contributed by atoms with Gasteiger partial charge in [-0.15, -0.1) is 0 Å². The summed E-state index contributed by atoms with van der Waals surface area (Å²) in [6.45, 7) is -1.05. The van der Waals surface area contributed by atoms with Crippen molar-refractivity contribution in [3.63, 3.8) is 0 Å². The number of pyridine rings is 1. The Labute approximate surface area is 170 Å². The van der Waals surface area contributed by atoms with Gasteiger partial charge in [0.2, 0.25) is 0 Å². The van der Waals surface area contributed by atoms with Gasteiger partial charge in [-0.25, -0.2) is 4.57 Å². The van der Waals surface area contributed by atoms with Crippen molar-refractivity contribution >= 4 is 37.1 Å². The third-order valence-electron chi connectivity index (χ3n) is 4.92. The molecule has 0 aliphatic heterocycles. The van der Waals surface area contributed by atoms with E-state index in [9.17, 15) is 33.8 Å². The zero-order valence-corrected chi connectivity index (χ0v) is 17.1. The number of para-hydroxylation sites is 2. The summed E-state index contributed by atoms with van der Waals surface area (Å²) in [6.07, 6.45) is 2.68. The number of aliphatic hydroxyl groups is 1. The molecule has 2 heterocycles. The van der Waals surface area contributed by atoms with E-state index >= 15 is 0 Å². The van der Waals surface area contributed by atoms with Crippen LogP contribution in [0.3, 0.4) is 0 Å². The second kappa shape index (κ2) is 7.11. The molecule has 0 radical (unpaired) electrons. The number of nitrogens with zero attached hydrogens (tertiary/aromatic N) is 1. The molecular formula is C19H17NO8P2. The van der Waals surface area contributed by atoms with Crippen LogP contribution in [0.15, 0.2) is 71.4 Å². The van der Waals surface area contributed by atoms with Crippen LogP contribution < -0.4 is 9.46 Å². The van der Waals surface area contributed by atoms with Crippen molar-refractivity contribution in [3.05, 3.63) is 67.0 Å². The van der Waals surface area contributed by atoms with Crippen molar-refractivity contribution < 1.29 is 42.8 Å². The van der Waals surface area contributed by atoms with E-state index in [1.807, 2.05) is 42.5 Å². The van der Waals surface area contributed by atoms with Gasteiger partial charge < -0.3 is 33.7 Å². The Balaban J connectivity index is 1.74. The maximum atomic E-state index is 11.5. The van der Waals surface area contributed by atoms with Crippen LogP contribution in [0, 0.1) is 0 Å². The monoisotopic (exact) mass is 449 g/mol. The summed E-state index contributed by atoms with van der Waals surface area (Å²) >= 11 is 0. The maximum Gasteiger partial charge on any atom is 0.372 e. The molecule has 2 atom stereocenters. The fourth-order valence-electron chi connectivity index (χ4n) is 3.31. The van der Waals surface area contributed by atoms with Gasteiger partial charge in [0.25, 0.3) is 5.08 Å². The Bertz CT molecular complexity index is 1310. The number of fused-ring (bicyclic) bond motifs is 3.